The Morgan fingerprint density at radius 2 is 2.17 bits per heavy atom. The number of amides is 1. The lowest BCUT2D eigenvalue weighted by Gasteiger charge is -2.34. The van der Waals surface area contributed by atoms with E-state index in [0.717, 1.165) is 60.9 Å². The van der Waals surface area contributed by atoms with Crippen molar-refractivity contribution in [2.24, 2.45) is 5.92 Å². The Morgan fingerprint density at radius 1 is 1.23 bits per heavy atom. The molecule has 0 radical (unpaired) electrons. The number of furan rings is 1. The fourth-order valence-corrected chi connectivity index (χ4v) is 4.75. The van der Waals surface area contributed by atoms with Crippen LogP contribution in [0.5, 0.6) is 0 Å². The molecule has 5 heterocycles. The molecule has 8 heteroatoms. The third-order valence-electron chi connectivity index (χ3n) is 6.29. The first-order valence-electron chi connectivity index (χ1n) is 10.9. The predicted molar refractivity (Wildman–Crippen MR) is 113 cm³/mol. The number of piperidine rings is 1. The first-order valence-corrected chi connectivity index (χ1v) is 10.9. The zero-order valence-electron chi connectivity index (χ0n) is 17.5. The van der Waals surface area contributed by atoms with Gasteiger partial charge in [-0.1, -0.05) is 6.42 Å². The maximum absolute atomic E-state index is 13.1. The van der Waals surface area contributed by atoms with Crippen LogP contribution in [0.25, 0.3) is 11.2 Å². The maximum Gasteiger partial charge on any atom is 0.227 e. The normalized spacial score (nSPS) is 19.5. The molecule has 158 valence electrons. The number of fused-ring (bicyclic) bond motifs is 3. The summed E-state index contributed by atoms with van der Waals surface area (Å²) in [6, 6.07) is 3.75. The summed E-state index contributed by atoms with van der Waals surface area (Å²) in [6.07, 6.45) is 9.72. The smallest absolute Gasteiger partial charge is 0.227 e. The molecule has 1 atom stereocenters. The van der Waals surface area contributed by atoms with E-state index >= 15 is 0 Å². The summed E-state index contributed by atoms with van der Waals surface area (Å²) in [7, 11) is 1.85. The van der Waals surface area contributed by atoms with Gasteiger partial charge in [0.15, 0.2) is 17.0 Å². The van der Waals surface area contributed by atoms with Crippen LogP contribution < -0.4 is 4.90 Å². The van der Waals surface area contributed by atoms with Gasteiger partial charge in [-0.25, -0.2) is 15.0 Å². The number of imidazole rings is 1. The van der Waals surface area contributed by atoms with Crippen LogP contribution in [0.1, 0.15) is 43.7 Å². The molecule has 0 saturated carbocycles. The highest BCUT2D eigenvalue weighted by Crippen LogP contribution is 2.30. The average Bonchev–Trinajstić information content (AvgIpc) is 3.34. The highest BCUT2D eigenvalue weighted by Gasteiger charge is 2.30. The number of anilines is 1. The summed E-state index contributed by atoms with van der Waals surface area (Å²) >= 11 is 0. The first kappa shape index (κ1) is 19.1. The molecule has 0 aliphatic carbocycles. The SMILES string of the molecule is CN(Cc1ccco1)C(=O)[C@@H]1CCCN(c2ncnc3c2nc2n3CCCCC2)C1. The lowest BCUT2D eigenvalue weighted by atomic mass is 9.96. The quantitative estimate of drug-likeness (QED) is 0.660. The third-order valence-corrected chi connectivity index (χ3v) is 6.29. The predicted octanol–water partition coefficient (Wildman–Crippen LogP) is 3.02. The molecule has 30 heavy (non-hydrogen) atoms. The van der Waals surface area contributed by atoms with Crippen molar-refractivity contribution in [2.75, 3.05) is 25.0 Å². The monoisotopic (exact) mass is 408 g/mol. The van der Waals surface area contributed by atoms with E-state index in [9.17, 15) is 4.79 Å². The van der Waals surface area contributed by atoms with Crippen LogP contribution in [0.4, 0.5) is 5.82 Å². The fourth-order valence-electron chi connectivity index (χ4n) is 4.75. The molecular formula is C22H28N6O2. The molecule has 5 rings (SSSR count). The Hall–Kier alpha value is -2.90. The van der Waals surface area contributed by atoms with Crippen molar-refractivity contribution in [3.63, 3.8) is 0 Å². The van der Waals surface area contributed by atoms with E-state index in [1.165, 1.54) is 19.3 Å². The summed E-state index contributed by atoms with van der Waals surface area (Å²) in [5.74, 6) is 2.89. The number of hydrogen-bond acceptors (Lipinski definition) is 6. The Balaban J connectivity index is 1.37. The summed E-state index contributed by atoms with van der Waals surface area (Å²) in [6.45, 7) is 3.02. The number of rotatable bonds is 4. The molecule has 0 N–H and O–H groups in total. The molecule has 3 aromatic rings. The second-order valence-electron chi connectivity index (χ2n) is 8.42. The van der Waals surface area contributed by atoms with Gasteiger partial charge >= 0.3 is 0 Å². The Kier molecular flexibility index (Phi) is 5.14. The Labute approximate surface area is 175 Å². The molecule has 2 aliphatic heterocycles. The van der Waals surface area contributed by atoms with Crippen molar-refractivity contribution in [1.82, 2.24) is 24.4 Å². The van der Waals surface area contributed by atoms with Crippen molar-refractivity contribution < 1.29 is 9.21 Å². The van der Waals surface area contributed by atoms with E-state index in [4.69, 9.17) is 9.40 Å². The number of nitrogens with zero attached hydrogens (tertiary/aromatic N) is 6. The average molecular weight is 409 g/mol. The standard InChI is InChI=1S/C22H28N6O2/c1-26(14-17-8-6-12-30-17)22(29)16-7-5-10-27(13-16)20-19-21(24-15-23-20)28-11-4-2-3-9-18(28)25-19/h6,8,12,15-16H,2-5,7,9-11,13-14H2,1H3/t16-/m1/s1. The zero-order valence-corrected chi connectivity index (χ0v) is 17.5. The van der Waals surface area contributed by atoms with Gasteiger partial charge in [0, 0.05) is 33.1 Å². The number of carbonyl (C=O) groups is 1. The van der Waals surface area contributed by atoms with Gasteiger partial charge in [0.05, 0.1) is 18.7 Å². The van der Waals surface area contributed by atoms with Crippen LogP contribution in [-0.4, -0.2) is 50.5 Å². The number of hydrogen-bond donors (Lipinski definition) is 0. The second kappa shape index (κ2) is 8.08. The third kappa shape index (κ3) is 3.55. The van der Waals surface area contributed by atoms with Gasteiger partial charge in [0.25, 0.3) is 0 Å². The van der Waals surface area contributed by atoms with Crippen molar-refractivity contribution in [3.8, 4) is 0 Å². The minimum absolute atomic E-state index is 0.0517. The van der Waals surface area contributed by atoms with Crippen LogP contribution >= 0.6 is 0 Å². The molecule has 1 saturated heterocycles. The van der Waals surface area contributed by atoms with Gasteiger partial charge in [-0.05, 0) is 37.8 Å². The molecule has 2 aliphatic rings. The van der Waals surface area contributed by atoms with E-state index in [2.05, 4.69) is 19.4 Å². The van der Waals surface area contributed by atoms with E-state index < -0.39 is 0 Å². The highest BCUT2D eigenvalue weighted by atomic mass is 16.3. The van der Waals surface area contributed by atoms with Crippen LogP contribution in [-0.2, 0) is 24.3 Å². The van der Waals surface area contributed by atoms with Crippen molar-refractivity contribution >= 4 is 22.9 Å². The molecule has 0 spiro atoms. The van der Waals surface area contributed by atoms with Gasteiger partial charge in [0.2, 0.25) is 5.91 Å². The fraction of sp³-hybridized carbons (Fsp3) is 0.545. The lowest BCUT2D eigenvalue weighted by molar-refractivity contribution is -0.135. The first-order chi connectivity index (χ1) is 14.7. The molecule has 0 aromatic carbocycles. The van der Waals surface area contributed by atoms with E-state index in [1.54, 1.807) is 17.5 Å². The highest BCUT2D eigenvalue weighted by molar-refractivity contribution is 5.85. The summed E-state index contributed by atoms with van der Waals surface area (Å²) in [5, 5.41) is 0. The van der Waals surface area contributed by atoms with E-state index in [0.29, 0.717) is 13.1 Å². The molecule has 1 fully saturated rings. The van der Waals surface area contributed by atoms with E-state index in [-0.39, 0.29) is 11.8 Å². The number of aromatic nitrogens is 4. The van der Waals surface area contributed by atoms with Gasteiger partial charge in [-0.15, -0.1) is 0 Å². The molecule has 3 aromatic heterocycles. The van der Waals surface area contributed by atoms with Gasteiger partial charge in [0.1, 0.15) is 17.9 Å². The number of carbonyl (C=O) groups excluding carboxylic acids is 1. The van der Waals surface area contributed by atoms with Gasteiger partial charge in [-0.2, -0.15) is 0 Å². The van der Waals surface area contributed by atoms with Crippen molar-refractivity contribution in [3.05, 3.63) is 36.3 Å². The van der Waals surface area contributed by atoms with Crippen LogP contribution in [0.15, 0.2) is 29.1 Å². The minimum atomic E-state index is -0.0517. The van der Waals surface area contributed by atoms with Gasteiger partial charge < -0.3 is 18.8 Å². The Bertz CT molecular complexity index is 1030. The summed E-state index contributed by atoms with van der Waals surface area (Å²) in [5.41, 5.74) is 1.81. The minimum Gasteiger partial charge on any atom is -0.467 e. The summed E-state index contributed by atoms with van der Waals surface area (Å²) in [4.78, 5) is 31.1. The molecular weight excluding hydrogens is 380 g/mol. The Morgan fingerprint density at radius 3 is 3.03 bits per heavy atom. The van der Waals surface area contributed by atoms with Crippen LogP contribution in [0.3, 0.4) is 0 Å². The van der Waals surface area contributed by atoms with E-state index in [1.807, 2.05) is 19.2 Å². The zero-order chi connectivity index (χ0) is 20.5. The van der Waals surface area contributed by atoms with Crippen molar-refractivity contribution in [2.45, 2.75) is 51.6 Å². The molecule has 8 nitrogen and oxygen atoms in total. The van der Waals surface area contributed by atoms with Crippen molar-refractivity contribution in [1.29, 1.82) is 0 Å². The van der Waals surface area contributed by atoms with Gasteiger partial charge in [-0.3, -0.25) is 4.79 Å². The largest absolute Gasteiger partial charge is 0.467 e. The maximum atomic E-state index is 13.1. The molecule has 1 amide bonds. The molecule has 0 bridgehead atoms. The molecule has 0 unspecified atom stereocenters. The van der Waals surface area contributed by atoms with Crippen LogP contribution in [0, 0.1) is 5.92 Å². The lowest BCUT2D eigenvalue weighted by Crippen LogP contribution is -2.43. The topological polar surface area (TPSA) is 80.3 Å². The second-order valence-corrected chi connectivity index (χ2v) is 8.42. The summed E-state index contributed by atoms with van der Waals surface area (Å²) < 4.78 is 7.66. The van der Waals surface area contributed by atoms with Crippen LogP contribution in [0.2, 0.25) is 0 Å². The number of aryl methyl sites for hydroxylation is 2.